The van der Waals surface area contributed by atoms with E-state index < -0.39 is 0 Å². The van der Waals surface area contributed by atoms with Gasteiger partial charge in [0, 0.05) is 13.1 Å². The Morgan fingerprint density at radius 2 is 2.11 bits per heavy atom. The molecule has 0 radical (unpaired) electrons. The van der Waals surface area contributed by atoms with E-state index in [9.17, 15) is 4.79 Å². The molecule has 1 atom stereocenters. The lowest BCUT2D eigenvalue weighted by atomic mass is 9.97. The van der Waals surface area contributed by atoms with Crippen molar-refractivity contribution in [2.45, 2.75) is 26.3 Å². The normalized spacial score (nSPS) is 20.7. The number of esters is 1. The van der Waals surface area contributed by atoms with Crippen LogP contribution in [0.4, 0.5) is 0 Å². The van der Waals surface area contributed by atoms with Crippen molar-refractivity contribution in [1.82, 2.24) is 4.90 Å². The van der Waals surface area contributed by atoms with Gasteiger partial charge in [-0.3, -0.25) is 9.69 Å². The molecule has 1 fully saturated rings. The Kier molecular flexibility index (Phi) is 4.37. The number of hydrogen-bond donors (Lipinski definition) is 0. The summed E-state index contributed by atoms with van der Waals surface area (Å²) in [6.07, 6.45) is 2.03. The number of hydrogen-bond acceptors (Lipinski definition) is 3. The highest BCUT2D eigenvalue weighted by atomic mass is 16.5. The van der Waals surface area contributed by atoms with E-state index in [0.717, 1.165) is 32.5 Å². The van der Waals surface area contributed by atoms with Gasteiger partial charge in [0.2, 0.25) is 0 Å². The Balaban J connectivity index is 1.93. The highest BCUT2D eigenvalue weighted by molar-refractivity contribution is 5.72. The first-order valence-corrected chi connectivity index (χ1v) is 6.55. The first-order valence-electron chi connectivity index (χ1n) is 6.55. The van der Waals surface area contributed by atoms with Gasteiger partial charge in [-0.25, -0.2) is 0 Å². The number of likely N-dealkylation sites (tertiary alicyclic amines) is 1. The predicted molar refractivity (Wildman–Crippen MR) is 71.2 cm³/mol. The second kappa shape index (κ2) is 6.01. The van der Waals surface area contributed by atoms with Gasteiger partial charge >= 0.3 is 5.97 Å². The van der Waals surface area contributed by atoms with Crippen LogP contribution in [0, 0.1) is 12.8 Å². The summed E-state index contributed by atoms with van der Waals surface area (Å²) in [4.78, 5) is 13.9. The summed E-state index contributed by atoms with van der Waals surface area (Å²) >= 11 is 0. The molecule has 1 unspecified atom stereocenters. The van der Waals surface area contributed by atoms with E-state index in [1.54, 1.807) is 0 Å². The van der Waals surface area contributed by atoms with Crippen molar-refractivity contribution < 1.29 is 9.53 Å². The Morgan fingerprint density at radius 3 is 2.78 bits per heavy atom. The van der Waals surface area contributed by atoms with Crippen LogP contribution in [0.5, 0.6) is 0 Å². The highest BCUT2D eigenvalue weighted by Crippen LogP contribution is 2.19. The number of carbonyl (C=O) groups excluding carboxylic acids is 1. The Hall–Kier alpha value is -1.35. The number of benzene rings is 1. The number of piperidine rings is 1. The molecule has 0 aromatic heterocycles. The maximum Gasteiger partial charge on any atom is 0.309 e. The molecule has 0 spiro atoms. The monoisotopic (exact) mass is 247 g/mol. The van der Waals surface area contributed by atoms with Crippen molar-refractivity contribution in [2.75, 3.05) is 20.2 Å². The average Bonchev–Trinajstić information content (AvgIpc) is 2.41. The van der Waals surface area contributed by atoms with Crippen molar-refractivity contribution in [3.8, 4) is 0 Å². The molecule has 0 saturated carbocycles. The van der Waals surface area contributed by atoms with E-state index in [0.29, 0.717) is 0 Å². The maximum atomic E-state index is 11.6. The zero-order chi connectivity index (χ0) is 13.0. The largest absolute Gasteiger partial charge is 0.469 e. The number of nitrogens with zero attached hydrogens (tertiary/aromatic N) is 1. The molecule has 2 rings (SSSR count). The molecule has 1 aromatic carbocycles. The van der Waals surface area contributed by atoms with Crippen LogP contribution in [0.1, 0.15) is 24.0 Å². The maximum absolute atomic E-state index is 11.6. The smallest absolute Gasteiger partial charge is 0.309 e. The summed E-state index contributed by atoms with van der Waals surface area (Å²) in [6.45, 7) is 4.91. The van der Waals surface area contributed by atoms with Gasteiger partial charge in [-0.05, 0) is 31.9 Å². The number of rotatable bonds is 3. The van der Waals surface area contributed by atoms with Gasteiger partial charge in [0.05, 0.1) is 13.0 Å². The molecule has 98 valence electrons. The van der Waals surface area contributed by atoms with Gasteiger partial charge in [-0.2, -0.15) is 0 Å². The molecule has 0 amide bonds. The van der Waals surface area contributed by atoms with Crippen molar-refractivity contribution >= 4 is 5.97 Å². The second-order valence-electron chi connectivity index (χ2n) is 5.08. The zero-order valence-corrected chi connectivity index (χ0v) is 11.2. The number of methoxy groups -OCH3 is 1. The zero-order valence-electron chi connectivity index (χ0n) is 11.2. The average molecular weight is 247 g/mol. The van der Waals surface area contributed by atoms with Crippen molar-refractivity contribution in [1.29, 1.82) is 0 Å². The van der Waals surface area contributed by atoms with E-state index in [4.69, 9.17) is 4.74 Å². The number of carbonyl (C=O) groups is 1. The van der Waals surface area contributed by atoms with Crippen molar-refractivity contribution in [2.24, 2.45) is 5.92 Å². The molecular formula is C15H21NO2. The van der Waals surface area contributed by atoms with E-state index in [2.05, 4.69) is 36.1 Å². The molecule has 1 saturated heterocycles. The van der Waals surface area contributed by atoms with Crippen LogP contribution in [-0.4, -0.2) is 31.1 Å². The molecular weight excluding hydrogens is 226 g/mol. The summed E-state index contributed by atoms with van der Waals surface area (Å²) in [5.41, 5.74) is 2.59. The van der Waals surface area contributed by atoms with Crippen LogP contribution in [-0.2, 0) is 16.1 Å². The molecule has 0 bridgehead atoms. The van der Waals surface area contributed by atoms with Crippen LogP contribution in [0.3, 0.4) is 0 Å². The van der Waals surface area contributed by atoms with Gasteiger partial charge in [0.25, 0.3) is 0 Å². The predicted octanol–water partition coefficient (Wildman–Crippen LogP) is 2.38. The Morgan fingerprint density at radius 1 is 1.39 bits per heavy atom. The molecule has 3 heteroatoms. The second-order valence-corrected chi connectivity index (χ2v) is 5.08. The molecule has 0 aliphatic carbocycles. The van der Waals surface area contributed by atoms with Gasteiger partial charge in [0.15, 0.2) is 0 Å². The third-order valence-corrected chi connectivity index (χ3v) is 3.57. The first-order chi connectivity index (χ1) is 8.69. The van der Waals surface area contributed by atoms with Crippen molar-refractivity contribution in [3.63, 3.8) is 0 Å². The van der Waals surface area contributed by atoms with Crippen LogP contribution in [0.15, 0.2) is 24.3 Å². The van der Waals surface area contributed by atoms with Gasteiger partial charge in [-0.15, -0.1) is 0 Å². The Labute approximate surface area is 109 Å². The van der Waals surface area contributed by atoms with Crippen LogP contribution in [0.2, 0.25) is 0 Å². The molecule has 1 aliphatic rings. The minimum absolute atomic E-state index is 0.0502. The van der Waals surface area contributed by atoms with Gasteiger partial charge in [0.1, 0.15) is 0 Å². The topological polar surface area (TPSA) is 29.5 Å². The van der Waals surface area contributed by atoms with E-state index in [-0.39, 0.29) is 11.9 Å². The molecule has 1 aromatic rings. The van der Waals surface area contributed by atoms with Crippen LogP contribution >= 0.6 is 0 Å². The summed E-state index contributed by atoms with van der Waals surface area (Å²) in [5.74, 6) is -0.0159. The number of ether oxygens (including phenoxy) is 1. The van der Waals surface area contributed by atoms with E-state index >= 15 is 0 Å². The summed E-state index contributed by atoms with van der Waals surface area (Å²) < 4.78 is 4.84. The fraction of sp³-hybridized carbons (Fsp3) is 0.533. The highest BCUT2D eigenvalue weighted by Gasteiger charge is 2.26. The van der Waals surface area contributed by atoms with Gasteiger partial charge in [-0.1, -0.05) is 29.8 Å². The summed E-state index contributed by atoms with van der Waals surface area (Å²) in [5, 5.41) is 0. The third kappa shape index (κ3) is 3.33. The van der Waals surface area contributed by atoms with Crippen molar-refractivity contribution in [3.05, 3.63) is 35.4 Å². The SMILES string of the molecule is COC(=O)C1CCCN(Cc2ccc(C)cc2)C1. The molecule has 18 heavy (non-hydrogen) atoms. The van der Waals surface area contributed by atoms with E-state index in [1.807, 2.05) is 0 Å². The lowest BCUT2D eigenvalue weighted by Gasteiger charge is -2.31. The minimum Gasteiger partial charge on any atom is -0.469 e. The summed E-state index contributed by atoms with van der Waals surface area (Å²) in [7, 11) is 1.47. The van der Waals surface area contributed by atoms with Crippen LogP contribution in [0.25, 0.3) is 0 Å². The molecule has 1 heterocycles. The summed E-state index contributed by atoms with van der Waals surface area (Å²) in [6, 6.07) is 8.60. The number of aryl methyl sites for hydroxylation is 1. The minimum atomic E-state index is -0.0661. The van der Waals surface area contributed by atoms with Crippen LogP contribution < -0.4 is 0 Å². The fourth-order valence-corrected chi connectivity index (χ4v) is 2.51. The lowest BCUT2D eigenvalue weighted by molar-refractivity contribution is -0.147. The fourth-order valence-electron chi connectivity index (χ4n) is 2.51. The van der Waals surface area contributed by atoms with E-state index in [1.165, 1.54) is 18.2 Å². The molecule has 3 nitrogen and oxygen atoms in total. The Bertz CT molecular complexity index is 399. The third-order valence-electron chi connectivity index (χ3n) is 3.57. The standard InChI is InChI=1S/C15H21NO2/c1-12-5-7-13(8-6-12)10-16-9-3-4-14(11-16)15(17)18-2/h5-8,14H,3-4,9-11H2,1-2H3. The molecule has 0 N–H and O–H groups in total. The quantitative estimate of drug-likeness (QED) is 0.768. The molecule has 1 aliphatic heterocycles. The first kappa shape index (κ1) is 13.1. The lowest BCUT2D eigenvalue weighted by Crippen LogP contribution is -2.38. The van der Waals surface area contributed by atoms with Gasteiger partial charge < -0.3 is 4.74 Å².